The zero-order valence-corrected chi connectivity index (χ0v) is 29.4. The number of para-hydroxylation sites is 1. The highest BCUT2D eigenvalue weighted by Gasteiger charge is 2.18. The smallest absolute Gasteiger partial charge is 0.160 e. The Morgan fingerprint density at radius 1 is 0.463 bits per heavy atom. The van der Waals surface area contributed by atoms with E-state index in [1.165, 1.54) is 27.1 Å². The van der Waals surface area contributed by atoms with Crippen LogP contribution < -0.4 is 5.32 Å². The number of nitrogens with zero attached hydrogens (tertiary/aromatic N) is 3. The molecular formula is C50H34N4. The Hall–Kier alpha value is -7.17. The molecule has 0 radical (unpaired) electrons. The molecule has 1 aliphatic rings. The highest BCUT2D eigenvalue weighted by atomic mass is 14.9. The molecule has 0 saturated heterocycles. The largest absolute Gasteiger partial charge is 0.381 e. The van der Waals surface area contributed by atoms with E-state index >= 15 is 0 Å². The summed E-state index contributed by atoms with van der Waals surface area (Å²) >= 11 is 0. The topological polar surface area (TPSA) is 50.7 Å². The fourth-order valence-corrected chi connectivity index (χ4v) is 7.77. The van der Waals surface area contributed by atoms with Crippen LogP contribution in [0.2, 0.25) is 0 Å². The maximum absolute atomic E-state index is 5.41. The summed E-state index contributed by atoms with van der Waals surface area (Å²) in [7, 11) is 0. The van der Waals surface area contributed by atoms with Crippen LogP contribution in [0.25, 0.3) is 88.6 Å². The van der Waals surface area contributed by atoms with E-state index in [2.05, 4.69) is 168 Å². The first-order valence-corrected chi connectivity index (χ1v) is 18.3. The number of fused-ring (bicyclic) bond motifs is 3. The van der Waals surface area contributed by atoms with Gasteiger partial charge in [-0.2, -0.15) is 0 Å². The van der Waals surface area contributed by atoms with Crippen molar-refractivity contribution >= 4 is 32.4 Å². The van der Waals surface area contributed by atoms with Crippen LogP contribution in [0.15, 0.2) is 194 Å². The molecule has 0 bridgehead atoms. The molecule has 3 heterocycles. The Labute approximate surface area is 313 Å². The summed E-state index contributed by atoms with van der Waals surface area (Å²) in [6.07, 6.45) is 10.2. The summed E-state index contributed by atoms with van der Waals surface area (Å²) in [6, 6.07) is 58.1. The van der Waals surface area contributed by atoms with Gasteiger partial charge < -0.3 is 5.32 Å². The summed E-state index contributed by atoms with van der Waals surface area (Å²) in [6.45, 7) is 0. The molecule has 254 valence electrons. The number of aromatic nitrogens is 3. The first-order valence-electron chi connectivity index (χ1n) is 18.3. The number of benzene rings is 7. The van der Waals surface area contributed by atoms with Gasteiger partial charge >= 0.3 is 0 Å². The van der Waals surface area contributed by atoms with E-state index in [1.807, 2.05) is 36.7 Å². The summed E-state index contributed by atoms with van der Waals surface area (Å²) in [5.41, 5.74) is 11.6. The molecule has 4 nitrogen and oxygen atoms in total. The number of nitrogens with one attached hydrogen (secondary N) is 1. The van der Waals surface area contributed by atoms with Crippen molar-refractivity contribution in [3.8, 4) is 56.2 Å². The molecule has 7 aromatic carbocycles. The second-order valence-electron chi connectivity index (χ2n) is 13.7. The molecule has 2 aromatic heterocycles. The Bertz CT molecular complexity index is 2900. The van der Waals surface area contributed by atoms with Crippen LogP contribution in [0.4, 0.5) is 0 Å². The van der Waals surface area contributed by atoms with Gasteiger partial charge in [0.05, 0.1) is 22.9 Å². The van der Waals surface area contributed by atoms with Gasteiger partial charge in [-0.3, -0.25) is 4.98 Å². The lowest BCUT2D eigenvalue weighted by Crippen LogP contribution is -2.15. The Kier molecular flexibility index (Phi) is 7.85. The molecular weight excluding hydrogens is 657 g/mol. The normalized spacial score (nSPS) is 13.7. The number of dihydropyridines is 1. The predicted octanol–water partition coefficient (Wildman–Crippen LogP) is 12.4. The maximum atomic E-state index is 5.41. The summed E-state index contributed by atoms with van der Waals surface area (Å²) in [4.78, 5) is 15.2. The second kappa shape index (κ2) is 13.4. The van der Waals surface area contributed by atoms with Crippen LogP contribution in [0.5, 0.6) is 0 Å². The third kappa shape index (κ3) is 5.71. The van der Waals surface area contributed by atoms with E-state index in [-0.39, 0.29) is 6.04 Å². The van der Waals surface area contributed by atoms with Gasteiger partial charge in [-0.1, -0.05) is 140 Å². The molecule has 1 unspecified atom stereocenters. The highest BCUT2D eigenvalue weighted by molar-refractivity contribution is 6.04. The van der Waals surface area contributed by atoms with E-state index in [9.17, 15) is 0 Å². The molecule has 10 rings (SSSR count). The Morgan fingerprint density at radius 3 is 2.02 bits per heavy atom. The molecule has 54 heavy (non-hydrogen) atoms. The van der Waals surface area contributed by atoms with Crippen molar-refractivity contribution in [2.24, 2.45) is 0 Å². The predicted molar refractivity (Wildman–Crippen MR) is 224 cm³/mol. The van der Waals surface area contributed by atoms with Crippen LogP contribution in [0.3, 0.4) is 0 Å². The summed E-state index contributed by atoms with van der Waals surface area (Å²) in [5.74, 6) is 0.689. The number of hydrogen-bond acceptors (Lipinski definition) is 4. The van der Waals surface area contributed by atoms with Gasteiger partial charge in [0, 0.05) is 28.3 Å². The minimum Gasteiger partial charge on any atom is -0.381 e. The minimum atomic E-state index is 0.104. The van der Waals surface area contributed by atoms with Crippen molar-refractivity contribution in [3.63, 3.8) is 0 Å². The molecule has 0 spiro atoms. The average molecular weight is 691 g/mol. The van der Waals surface area contributed by atoms with Gasteiger partial charge in [-0.25, -0.2) is 9.97 Å². The number of allylic oxidation sites excluding steroid dienone is 2. The van der Waals surface area contributed by atoms with Crippen molar-refractivity contribution in [2.45, 2.75) is 6.04 Å². The third-order valence-corrected chi connectivity index (χ3v) is 10.4. The lowest BCUT2D eigenvalue weighted by molar-refractivity contribution is 0.752. The second-order valence-corrected chi connectivity index (χ2v) is 13.7. The SMILES string of the molecule is C1=CNC(c2ccc(-c3cc(-c4ccc(-c5ccccn5)cc4)cc(-c4nc(-c5cccc6ccccc56)c5ccccc5n4)c3)c3ccccc23)C=C1. The fraction of sp³-hybridized carbons (Fsp3) is 0.0200. The van der Waals surface area contributed by atoms with Crippen LogP contribution in [-0.4, -0.2) is 15.0 Å². The minimum absolute atomic E-state index is 0.104. The van der Waals surface area contributed by atoms with Crippen LogP contribution in [0.1, 0.15) is 11.6 Å². The van der Waals surface area contributed by atoms with Gasteiger partial charge in [-0.05, 0) is 98.0 Å². The molecule has 4 heteroatoms. The lowest BCUT2D eigenvalue weighted by Gasteiger charge is -2.20. The Balaban J connectivity index is 1.19. The van der Waals surface area contributed by atoms with Crippen molar-refractivity contribution in [3.05, 3.63) is 200 Å². The van der Waals surface area contributed by atoms with E-state index in [0.717, 1.165) is 61.2 Å². The molecule has 0 fully saturated rings. The van der Waals surface area contributed by atoms with Gasteiger partial charge in [0.15, 0.2) is 5.82 Å². The molecule has 1 aliphatic heterocycles. The lowest BCUT2D eigenvalue weighted by atomic mass is 9.89. The molecule has 9 aromatic rings. The van der Waals surface area contributed by atoms with Gasteiger partial charge in [-0.15, -0.1) is 0 Å². The fourth-order valence-electron chi connectivity index (χ4n) is 7.77. The molecule has 1 N–H and O–H groups in total. The maximum Gasteiger partial charge on any atom is 0.160 e. The van der Waals surface area contributed by atoms with Crippen molar-refractivity contribution in [2.75, 3.05) is 0 Å². The highest BCUT2D eigenvalue weighted by Crippen LogP contribution is 2.40. The summed E-state index contributed by atoms with van der Waals surface area (Å²) in [5, 5.41) is 9.32. The zero-order valence-electron chi connectivity index (χ0n) is 29.4. The number of rotatable bonds is 6. The molecule has 0 saturated carbocycles. The zero-order chi connectivity index (χ0) is 35.8. The number of pyridine rings is 1. The molecule has 0 amide bonds. The van der Waals surface area contributed by atoms with E-state index in [1.54, 1.807) is 0 Å². The monoisotopic (exact) mass is 690 g/mol. The van der Waals surface area contributed by atoms with E-state index < -0.39 is 0 Å². The first-order chi connectivity index (χ1) is 26.8. The molecule has 0 aliphatic carbocycles. The van der Waals surface area contributed by atoms with E-state index in [4.69, 9.17) is 9.97 Å². The van der Waals surface area contributed by atoms with Crippen LogP contribution in [-0.2, 0) is 0 Å². The summed E-state index contributed by atoms with van der Waals surface area (Å²) < 4.78 is 0. The van der Waals surface area contributed by atoms with Crippen molar-refractivity contribution in [1.82, 2.24) is 20.3 Å². The average Bonchev–Trinajstić information content (AvgIpc) is 3.26. The van der Waals surface area contributed by atoms with Crippen molar-refractivity contribution < 1.29 is 0 Å². The van der Waals surface area contributed by atoms with Crippen LogP contribution >= 0.6 is 0 Å². The van der Waals surface area contributed by atoms with Crippen molar-refractivity contribution in [1.29, 1.82) is 0 Å². The first kappa shape index (κ1) is 31.6. The standard InChI is InChI=1S/C50H34N4/c1-2-14-39-34(12-1)13-11-18-44(39)49-45-17-5-6-21-48(45)53-50(54-49)38-31-36(33-22-24-35(25-23-33)46-19-7-9-28-51-46)30-37(32-38)40-26-27-43(47-20-8-10-29-52-47)42-16-4-3-15-41(40)42/h1-32,47,52H. The third-order valence-electron chi connectivity index (χ3n) is 10.4. The quantitative estimate of drug-likeness (QED) is 0.189. The Morgan fingerprint density at radius 2 is 1.19 bits per heavy atom. The van der Waals surface area contributed by atoms with Gasteiger partial charge in [0.2, 0.25) is 0 Å². The van der Waals surface area contributed by atoms with Crippen LogP contribution in [0, 0.1) is 0 Å². The van der Waals surface area contributed by atoms with E-state index in [0.29, 0.717) is 5.82 Å². The van der Waals surface area contributed by atoms with Gasteiger partial charge in [0.1, 0.15) is 0 Å². The molecule has 1 atom stereocenters. The number of hydrogen-bond donors (Lipinski definition) is 1. The van der Waals surface area contributed by atoms with Gasteiger partial charge in [0.25, 0.3) is 0 Å².